The molecule has 0 saturated heterocycles. The number of nitrogens with one attached hydrogen (secondary N) is 2. The summed E-state index contributed by atoms with van der Waals surface area (Å²) in [4.78, 5) is 28.8. The molecule has 0 fully saturated rings. The molecule has 1 aromatic heterocycles. The number of halogens is 3. The Morgan fingerprint density at radius 1 is 1.06 bits per heavy atom. The van der Waals surface area contributed by atoms with E-state index >= 15 is 0 Å². The molecule has 0 aliphatic heterocycles. The number of nitrogens with zero attached hydrogens (tertiary/aromatic N) is 2. The van der Waals surface area contributed by atoms with E-state index in [1.807, 2.05) is 35.0 Å². The molecule has 33 heavy (non-hydrogen) atoms. The van der Waals surface area contributed by atoms with E-state index in [0.29, 0.717) is 17.1 Å². The van der Waals surface area contributed by atoms with Crippen molar-refractivity contribution >= 4 is 29.3 Å². The minimum absolute atomic E-state index is 0.292. The Kier molecular flexibility index (Phi) is 7.80. The van der Waals surface area contributed by atoms with E-state index in [-0.39, 0.29) is 0 Å². The zero-order valence-electron chi connectivity index (χ0n) is 18.2. The molecule has 0 spiro atoms. The van der Waals surface area contributed by atoms with Crippen LogP contribution in [0, 0.1) is 17.5 Å². The molecule has 0 bridgehead atoms. The first-order valence-corrected chi connectivity index (χ1v) is 11.1. The molecule has 0 saturated carbocycles. The van der Waals surface area contributed by atoms with Crippen LogP contribution in [0.15, 0.2) is 53.9 Å². The van der Waals surface area contributed by atoms with Gasteiger partial charge in [-0.1, -0.05) is 43.8 Å². The van der Waals surface area contributed by atoms with E-state index in [1.54, 1.807) is 13.1 Å². The highest BCUT2D eigenvalue weighted by atomic mass is 32.2. The Bertz CT molecular complexity index is 1170. The molecule has 2 N–H and O–H groups in total. The van der Waals surface area contributed by atoms with Gasteiger partial charge in [-0.05, 0) is 36.6 Å². The second-order valence-electron chi connectivity index (χ2n) is 7.54. The molecule has 0 aliphatic rings. The molecule has 1 atom stereocenters. The highest BCUT2D eigenvalue weighted by Crippen LogP contribution is 2.29. The first-order chi connectivity index (χ1) is 15.7. The van der Waals surface area contributed by atoms with Gasteiger partial charge in [0.15, 0.2) is 22.6 Å². The Hall–Kier alpha value is -3.27. The zero-order chi connectivity index (χ0) is 24.1. The van der Waals surface area contributed by atoms with Gasteiger partial charge in [-0.2, -0.15) is 0 Å². The number of hydrogen-bond donors (Lipinski definition) is 2. The smallest absolute Gasteiger partial charge is 0.243 e. The third-order valence-electron chi connectivity index (χ3n) is 4.81. The van der Waals surface area contributed by atoms with Crippen LogP contribution >= 0.6 is 11.8 Å². The number of amides is 2. The number of para-hydroxylation sites is 1. The number of aromatic nitrogens is 2. The number of hydrogen-bond acceptors (Lipinski definition) is 4. The van der Waals surface area contributed by atoms with Crippen LogP contribution in [-0.2, 0) is 9.59 Å². The minimum Gasteiger partial charge on any atom is -0.346 e. The van der Waals surface area contributed by atoms with Crippen molar-refractivity contribution < 1.29 is 22.8 Å². The molecule has 174 valence electrons. The predicted octanol–water partition coefficient (Wildman–Crippen LogP) is 4.65. The van der Waals surface area contributed by atoms with Gasteiger partial charge in [0, 0.05) is 12.4 Å². The predicted molar refractivity (Wildman–Crippen MR) is 121 cm³/mol. The summed E-state index contributed by atoms with van der Waals surface area (Å²) in [7, 11) is 0. The molecule has 1 unspecified atom stereocenters. The summed E-state index contributed by atoms with van der Waals surface area (Å²) < 4.78 is 41.9. The summed E-state index contributed by atoms with van der Waals surface area (Å²) >= 11 is 1.22. The van der Waals surface area contributed by atoms with Crippen LogP contribution in [0.4, 0.5) is 18.9 Å². The monoisotopic (exact) mass is 476 g/mol. The molecule has 2 aromatic carbocycles. The molecule has 1 heterocycles. The summed E-state index contributed by atoms with van der Waals surface area (Å²) in [6, 6.07) is 9.52. The molecule has 3 aromatic rings. The van der Waals surface area contributed by atoms with Gasteiger partial charge in [0.25, 0.3) is 0 Å². The lowest BCUT2D eigenvalue weighted by Gasteiger charge is -2.17. The summed E-state index contributed by atoms with van der Waals surface area (Å²) in [6.45, 7) is 5.39. The van der Waals surface area contributed by atoms with Gasteiger partial charge >= 0.3 is 0 Å². The highest BCUT2D eigenvalue weighted by Gasteiger charge is 2.20. The van der Waals surface area contributed by atoms with E-state index in [2.05, 4.69) is 29.5 Å². The van der Waals surface area contributed by atoms with Gasteiger partial charge < -0.3 is 10.6 Å². The fourth-order valence-electron chi connectivity index (χ4n) is 3.10. The second kappa shape index (κ2) is 10.6. The van der Waals surface area contributed by atoms with Crippen LogP contribution in [0.1, 0.15) is 32.3 Å². The number of imidazole rings is 1. The van der Waals surface area contributed by atoms with Gasteiger partial charge in [-0.3, -0.25) is 14.2 Å². The molecule has 0 aliphatic carbocycles. The van der Waals surface area contributed by atoms with E-state index < -0.39 is 46.7 Å². The maximum atomic E-state index is 13.7. The van der Waals surface area contributed by atoms with Crippen molar-refractivity contribution in [3.8, 4) is 5.69 Å². The fourth-order valence-corrected chi connectivity index (χ4v) is 4.00. The molecule has 0 radical (unpaired) electrons. The maximum absolute atomic E-state index is 13.7. The Morgan fingerprint density at radius 2 is 1.79 bits per heavy atom. The van der Waals surface area contributed by atoms with Crippen molar-refractivity contribution in [2.75, 3.05) is 11.9 Å². The number of carbonyl (C=O) groups is 2. The molecule has 6 nitrogen and oxygen atoms in total. The zero-order valence-corrected chi connectivity index (χ0v) is 19.1. The minimum atomic E-state index is -1.68. The molecular weight excluding hydrogens is 453 g/mol. The van der Waals surface area contributed by atoms with Gasteiger partial charge in [-0.25, -0.2) is 18.2 Å². The maximum Gasteiger partial charge on any atom is 0.243 e. The SMILES string of the molecule is CC(Sc1nccn1-c1ccccc1C(C)C)C(=O)NCC(=O)Nc1ccc(F)c(F)c1F. The lowest BCUT2D eigenvalue weighted by molar-refractivity contribution is -0.123. The van der Waals surface area contributed by atoms with Crippen LogP contribution in [0.3, 0.4) is 0 Å². The summed E-state index contributed by atoms with van der Waals surface area (Å²) in [5, 5.41) is 4.57. The Morgan fingerprint density at radius 3 is 2.52 bits per heavy atom. The summed E-state index contributed by atoms with van der Waals surface area (Å²) in [5.74, 6) is -5.48. The number of benzene rings is 2. The number of carbonyl (C=O) groups excluding carboxylic acids is 2. The average Bonchev–Trinajstić information content (AvgIpc) is 3.25. The first-order valence-electron chi connectivity index (χ1n) is 10.2. The largest absolute Gasteiger partial charge is 0.346 e. The second-order valence-corrected chi connectivity index (χ2v) is 8.85. The third kappa shape index (κ3) is 5.75. The van der Waals surface area contributed by atoms with Crippen LogP contribution in [0.5, 0.6) is 0 Å². The van der Waals surface area contributed by atoms with E-state index in [4.69, 9.17) is 0 Å². The first kappa shape index (κ1) is 24.4. The normalized spacial score (nSPS) is 12.0. The van der Waals surface area contributed by atoms with Gasteiger partial charge in [0.05, 0.1) is 23.2 Å². The van der Waals surface area contributed by atoms with Crippen molar-refractivity contribution in [2.24, 2.45) is 0 Å². The molecule has 2 amide bonds. The van der Waals surface area contributed by atoms with Crippen molar-refractivity contribution in [1.29, 1.82) is 0 Å². The van der Waals surface area contributed by atoms with Crippen molar-refractivity contribution in [1.82, 2.24) is 14.9 Å². The van der Waals surface area contributed by atoms with Crippen LogP contribution < -0.4 is 10.6 Å². The van der Waals surface area contributed by atoms with Gasteiger partial charge in [0.1, 0.15) is 0 Å². The van der Waals surface area contributed by atoms with Gasteiger partial charge in [-0.15, -0.1) is 0 Å². The summed E-state index contributed by atoms with van der Waals surface area (Å²) in [6.07, 6.45) is 3.46. The Balaban J connectivity index is 1.61. The fraction of sp³-hybridized carbons (Fsp3) is 0.261. The lowest BCUT2D eigenvalue weighted by Crippen LogP contribution is -2.37. The molecule has 3 rings (SSSR count). The third-order valence-corrected chi connectivity index (χ3v) is 5.89. The van der Waals surface area contributed by atoms with E-state index in [1.165, 1.54) is 11.8 Å². The van der Waals surface area contributed by atoms with Crippen LogP contribution in [-0.4, -0.2) is 33.2 Å². The number of thioether (sulfide) groups is 1. The van der Waals surface area contributed by atoms with Crippen molar-refractivity contribution in [3.05, 3.63) is 71.8 Å². The van der Waals surface area contributed by atoms with Crippen molar-refractivity contribution in [2.45, 2.75) is 37.1 Å². The quantitative estimate of drug-likeness (QED) is 0.367. The number of rotatable bonds is 8. The average molecular weight is 477 g/mol. The molecular formula is C23H23F3N4O2S. The number of anilines is 1. The highest BCUT2D eigenvalue weighted by molar-refractivity contribution is 8.00. The molecule has 10 heteroatoms. The van der Waals surface area contributed by atoms with Crippen molar-refractivity contribution in [3.63, 3.8) is 0 Å². The topological polar surface area (TPSA) is 76.0 Å². The van der Waals surface area contributed by atoms with E-state index in [0.717, 1.165) is 17.3 Å². The lowest BCUT2D eigenvalue weighted by atomic mass is 10.0. The standard InChI is InChI=1S/C23H23F3N4O2S/c1-13(2)15-6-4-5-7-18(15)30-11-10-27-23(30)33-14(3)22(32)28-12-19(31)29-17-9-8-16(24)20(25)21(17)26/h4-11,13-14H,12H2,1-3H3,(H,28,32)(H,29,31). The van der Waals surface area contributed by atoms with E-state index in [9.17, 15) is 22.8 Å². The van der Waals surface area contributed by atoms with Crippen LogP contribution in [0.2, 0.25) is 0 Å². The van der Waals surface area contributed by atoms with Crippen LogP contribution in [0.25, 0.3) is 5.69 Å². The Labute approximate surface area is 193 Å². The van der Waals surface area contributed by atoms with Gasteiger partial charge in [0.2, 0.25) is 11.8 Å². The summed E-state index contributed by atoms with van der Waals surface area (Å²) in [5.41, 5.74) is 1.59.